The summed E-state index contributed by atoms with van der Waals surface area (Å²) < 4.78 is 44.8. The van der Waals surface area contributed by atoms with E-state index in [2.05, 4.69) is 15.9 Å². The highest BCUT2D eigenvalue weighted by atomic mass is 79.9. The highest BCUT2D eigenvalue weighted by Crippen LogP contribution is 2.49. The van der Waals surface area contributed by atoms with Crippen LogP contribution in [0.25, 0.3) is 6.08 Å². The maximum Gasteiger partial charge on any atom is 0.429 e. The van der Waals surface area contributed by atoms with Crippen molar-refractivity contribution in [2.24, 2.45) is 0 Å². The molecule has 20 heavy (non-hydrogen) atoms. The van der Waals surface area contributed by atoms with Gasteiger partial charge in [0.15, 0.2) is 0 Å². The largest absolute Gasteiger partial charge is 0.475 e. The molecule has 1 aromatic carbocycles. The number of halogens is 4. The molecule has 1 fully saturated rings. The Morgan fingerprint density at radius 2 is 2.00 bits per heavy atom. The van der Waals surface area contributed by atoms with Crippen LogP contribution in [0, 0.1) is 0 Å². The average Bonchev–Trinajstić information content (AvgIpc) is 3.19. The van der Waals surface area contributed by atoms with E-state index in [0.717, 1.165) is 22.9 Å². The fourth-order valence-corrected chi connectivity index (χ4v) is 2.86. The minimum atomic E-state index is -4.60. The summed E-state index contributed by atoms with van der Waals surface area (Å²) in [7, 11) is 0. The van der Waals surface area contributed by atoms with Gasteiger partial charge in [-0.3, -0.25) is 4.79 Å². The first-order valence-corrected chi connectivity index (χ1v) is 6.93. The maximum atomic E-state index is 13.0. The van der Waals surface area contributed by atoms with Gasteiger partial charge in [0.05, 0.1) is 0 Å². The number of rotatable bonds is 2. The van der Waals surface area contributed by atoms with E-state index < -0.39 is 17.9 Å². The number of ether oxygens (including phenoxy) is 1. The van der Waals surface area contributed by atoms with E-state index in [1.807, 2.05) is 0 Å². The molecule has 0 radical (unpaired) electrons. The Hall–Kier alpha value is -1.30. The fourth-order valence-electron chi connectivity index (χ4n) is 2.37. The zero-order valence-electron chi connectivity index (χ0n) is 10.2. The third kappa shape index (κ3) is 2.37. The standard InChI is InChI=1S/C14H10BrF3O2/c15-10-4-8-3-9(6-19)13(14(16,17)18)20-12(8)11(5-10)7-1-2-7/h3-7,13H,1-2H2/t13-/m0/s1. The van der Waals surface area contributed by atoms with Crippen LogP contribution >= 0.6 is 15.9 Å². The van der Waals surface area contributed by atoms with Gasteiger partial charge in [-0.15, -0.1) is 0 Å². The summed E-state index contributed by atoms with van der Waals surface area (Å²) in [6, 6.07) is 3.46. The molecule has 0 N–H and O–H groups in total. The highest BCUT2D eigenvalue weighted by molar-refractivity contribution is 9.10. The van der Waals surface area contributed by atoms with Gasteiger partial charge in [-0.1, -0.05) is 15.9 Å². The second kappa shape index (κ2) is 4.62. The predicted molar refractivity (Wildman–Crippen MR) is 70.6 cm³/mol. The number of carbonyl (C=O) groups is 1. The van der Waals surface area contributed by atoms with Gasteiger partial charge in [-0.2, -0.15) is 13.2 Å². The lowest BCUT2D eigenvalue weighted by Gasteiger charge is -2.28. The summed E-state index contributed by atoms with van der Waals surface area (Å²) in [6.07, 6.45) is -3.40. The van der Waals surface area contributed by atoms with E-state index in [1.165, 1.54) is 6.08 Å². The van der Waals surface area contributed by atoms with E-state index in [9.17, 15) is 18.0 Å². The number of benzene rings is 1. The summed E-state index contributed by atoms with van der Waals surface area (Å²) in [5.74, 6) is 0.505. The lowest BCUT2D eigenvalue weighted by molar-refractivity contribution is -0.184. The van der Waals surface area contributed by atoms with Gasteiger partial charge in [0.1, 0.15) is 12.0 Å². The first-order chi connectivity index (χ1) is 9.40. The van der Waals surface area contributed by atoms with Gasteiger partial charge in [0.2, 0.25) is 6.10 Å². The first-order valence-electron chi connectivity index (χ1n) is 6.13. The Bertz CT molecular complexity index is 603. The van der Waals surface area contributed by atoms with Gasteiger partial charge in [0, 0.05) is 15.6 Å². The Morgan fingerprint density at radius 3 is 2.55 bits per heavy atom. The summed E-state index contributed by atoms with van der Waals surface area (Å²) in [6.45, 7) is 0. The molecule has 1 aromatic rings. The molecule has 0 bridgehead atoms. The molecule has 0 aromatic heterocycles. The van der Waals surface area contributed by atoms with Crippen molar-refractivity contribution in [2.45, 2.75) is 31.0 Å². The molecule has 1 aliphatic carbocycles. The third-order valence-corrected chi connectivity index (χ3v) is 3.88. The van der Waals surface area contributed by atoms with Crippen LogP contribution in [-0.4, -0.2) is 18.6 Å². The maximum absolute atomic E-state index is 13.0. The molecule has 1 heterocycles. The quantitative estimate of drug-likeness (QED) is 0.749. The van der Waals surface area contributed by atoms with E-state index in [4.69, 9.17) is 4.74 Å². The van der Waals surface area contributed by atoms with Gasteiger partial charge in [0.25, 0.3) is 0 Å². The summed E-state index contributed by atoms with van der Waals surface area (Å²) in [5.41, 5.74) is 0.901. The predicted octanol–water partition coefficient (Wildman–Crippen LogP) is 4.23. The van der Waals surface area contributed by atoms with Crippen LogP contribution in [0.3, 0.4) is 0 Å². The second-order valence-corrected chi connectivity index (χ2v) is 5.91. The molecule has 1 saturated carbocycles. The first kappa shape index (κ1) is 13.7. The Morgan fingerprint density at radius 1 is 1.30 bits per heavy atom. The van der Waals surface area contributed by atoms with E-state index >= 15 is 0 Å². The van der Waals surface area contributed by atoms with Crippen molar-refractivity contribution >= 4 is 28.3 Å². The smallest absolute Gasteiger partial charge is 0.429 e. The van der Waals surface area contributed by atoms with Crippen LogP contribution in [-0.2, 0) is 4.79 Å². The normalized spacial score (nSPS) is 21.8. The highest BCUT2D eigenvalue weighted by Gasteiger charge is 2.47. The number of alkyl halides is 3. The molecular formula is C14H10BrF3O2. The average molecular weight is 347 g/mol. The number of hydrogen-bond donors (Lipinski definition) is 0. The van der Waals surface area contributed by atoms with Gasteiger partial charge >= 0.3 is 6.18 Å². The van der Waals surface area contributed by atoms with Crippen LogP contribution in [0.4, 0.5) is 13.2 Å². The monoisotopic (exact) mass is 346 g/mol. The molecule has 2 aliphatic rings. The molecule has 3 rings (SSSR count). The fraction of sp³-hybridized carbons (Fsp3) is 0.357. The van der Waals surface area contributed by atoms with Crippen LogP contribution < -0.4 is 4.74 Å². The topological polar surface area (TPSA) is 26.3 Å². The molecule has 0 unspecified atom stereocenters. The van der Waals surface area contributed by atoms with Crippen LogP contribution in [0.5, 0.6) is 5.75 Å². The van der Waals surface area contributed by atoms with Gasteiger partial charge in [-0.05, 0) is 42.5 Å². The van der Waals surface area contributed by atoms with E-state index in [1.54, 1.807) is 12.1 Å². The molecule has 2 nitrogen and oxygen atoms in total. The van der Waals surface area contributed by atoms with Crippen LogP contribution in [0.1, 0.15) is 29.9 Å². The van der Waals surface area contributed by atoms with Gasteiger partial charge in [-0.25, -0.2) is 0 Å². The van der Waals surface area contributed by atoms with E-state index in [0.29, 0.717) is 5.56 Å². The zero-order chi connectivity index (χ0) is 14.5. The summed E-state index contributed by atoms with van der Waals surface area (Å²) in [5, 5.41) is 0. The molecule has 106 valence electrons. The minimum Gasteiger partial charge on any atom is -0.475 e. The summed E-state index contributed by atoms with van der Waals surface area (Å²) in [4.78, 5) is 10.9. The van der Waals surface area contributed by atoms with Crippen molar-refractivity contribution < 1.29 is 22.7 Å². The van der Waals surface area contributed by atoms with Crippen molar-refractivity contribution in [3.8, 4) is 5.75 Å². The van der Waals surface area contributed by atoms with Gasteiger partial charge < -0.3 is 4.74 Å². The lowest BCUT2D eigenvalue weighted by Crippen LogP contribution is -2.38. The molecule has 6 heteroatoms. The Balaban J connectivity index is 2.13. The van der Waals surface area contributed by atoms with Crippen molar-refractivity contribution in [1.82, 2.24) is 0 Å². The second-order valence-electron chi connectivity index (χ2n) is 4.99. The molecule has 1 aliphatic heterocycles. The number of carbonyl (C=O) groups excluding carboxylic acids is 1. The van der Waals surface area contributed by atoms with Crippen LogP contribution in [0.2, 0.25) is 0 Å². The molecule has 0 saturated heterocycles. The molecule has 0 spiro atoms. The lowest BCUT2D eigenvalue weighted by atomic mass is 9.98. The SMILES string of the molecule is O=CC1=Cc2cc(Br)cc(C3CC3)c2O[C@@H]1C(F)(F)F. The molecular weight excluding hydrogens is 337 g/mol. The number of aldehydes is 1. The van der Waals surface area contributed by atoms with Crippen molar-refractivity contribution in [3.63, 3.8) is 0 Å². The van der Waals surface area contributed by atoms with E-state index in [-0.39, 0.29) is 18.0 Å². The molecule has 1 atom stereocenters. The summed E-state index contributed by atoms with van der Waals surface area (Å²) >= 11 is 3.34. The zero-order valence-corrected chi connectivity index (χ0v) is 11.8. The van der Waals surface area contributed by atoms with Crippen molar-refractivity contribution in [1.29, 1.82) is 0 Å². The Labute approximate surface area is 121 Å². The Kier molecular flexibility index (Phi) is 3.16. The number of hydrogen-bond acceptors (Lipinski definition) is 2. The van der Waals surface area contributed by atoms with Crippen LogP contribution in [0.15, 0.2) is 22.2 Å². The van der Waals surface area contributed by atoms with Crippen molar-refractivity contribution in [2.75, 3.05) is 0 Å². The third-order valence-electron chi connectivity index (χ3n) is 3.42. The van der Waals surface area contributed by atoms with Crippen molar-refractivity contribution in [3.05, 3.63) is 33.3 Å². The molecule has 0 amide bonds. The minimum absolute atomic E-state index is 0.207. The number of fused-ring (bicyclic) bond motifs is 1.